The van der Waals surface area contributed by atoms with Crippen molar-refractivity contribution in [2.24, 2.45) is 0 Å². The third-order valence-corrected chi connectivity index (χ3v) is 3.26. The number of nitro benzene ring substituents is 1. The molecule has 0 saturated heterocycles. The number of nitrogens with zero attached hydrogens (tertiary/aromatic N) is 1. The first kappa shape index (κ1) is 17.9. The van der Waals surface area contributed by atoms with Crippen molar-refractivity contribution in [2.45, 2.75) is 6.54 Å². The number of nitro groups is 1. The van der Waals surface area contributed by atoms with E-state index in [-0.39, 0.29) is 18.1 Å². The molecule has 2 amide bonds. The van der Waals surface area contributed by atoms with E-state index in [2.05, 4.69) is 10.6 Å². The third kappa shape index (κ3) is 6.26. The molecule has 0 aliphatic heterocycles. The van der Waals surface area contributed by atoms with Crippen LogP contribution in [0.25, 0.3) is 6.08 Å². The lowest BCUT2D eigenvalue weighted by Gasteiger charge is -2.05. The Balaban J connectivity index is 1.77. The Bertz CT molecular complexity index is 788. The maximum absolute atomic E-state index is 11.7. The molecular weight excluding hydrogens is 322 g/mol. The van der Waals surface area contributed by atoms with E-state index in [4.69, 9.17) is 0 Å². The monoisotopic (exact) mass is 339 g/mol. The molecule has 7 heteroatoms. The molecule has 0 aromatic heterocycles. The summed E-state index contributed by atoms with van der Waals surface area (Å²) in [4.78, 5) is 33.6. The van der Waals surface area contributed by atoms with Crippen LogP contribution in [0.5, 0.6) is 0 Å². The highest BCUT2D eigenvalue weighted by molar-refractivity contribution is 5.94. The van der Waals surface area contributed by atoms with E-state index in [0.717, 1.165) is 5.56 Å². The molecule has 2 rings (SSSR count). The van der Waals surface area contributed by atoms with Gasteiger partial charge < -0.3 is 10.6 Å². The number of hydrogen-bond acceptors (Lipinski definition) is 4. The van der Waals surface area contributed by atoms with Crippen LogP contribution in [-0.4, -0.2) is 23.3 Å². The van der Waals surface area contributed by atoms with Crippen LogP contribution in [0.2, 0.25) is 0 Å². The second-order valence-electron chi connectivity index (χ2n) is 5.17. The Hall–Kier alpha value is -3.48. The zero-order valence-electron chi connectivity index (χ0n) is 13.3. The van der Waals surface area contributed by atoms with Gasteiger partial charge in [0.25, 0.3) is 5.69 Å². The molecule has 0 unspecified atom stereocenters. The molecule has 7 nitrogen and oxygen atoms in total. The minimum absolute atomic E-state index is 0.0529. The molecule has 2 N–H and O–H groups in total. The van der Waals surface area contributed by atoms with Crippen molar-refractivity contribution in [2.75, 3.05) is 6.54 Å². The topological polar surface area (TPSA) is 101 Å². The van der Waals surface area contributed by atoms with Gasteiger partial charge >= 0.3 is 0 Å². The van der Waals surface area contributed by atoms with Gasteiger partial charge in [-0.1, -0.05) is 42.5 Å². The minimum atomic E-state index is -0.505. The van der Waals surface area contributed by atoms with Crippen LogP contribution in [0, 0.1) is 10.1 Å². The van der Waals surface area contributed by atoms with Crippen molar-refractivity contribution in [1.82, 2.24) is 10.6 Å². The van der Waals surface area contributed by atoms with Gasteiger partial charge in [-0.05, 0) is 17.2 Å². The Morgan fingerprint density at radius 3 is 2.52 bits per heavy atom. The minimum Gasteiger partial charge on any atom is -0.350 e. The number of nitrogens with one attached hydrogen (secondary N) is 2. The van der Waals surface area contributed by atoms with E-state index < -0.39 is 10.8 Å². The summed E-state index contributed by atoms with van der Waals surface area (Å²) in [5.41, 5.74) is 1.44. The fraction of sp³-hybridized carbons (Fsp3) is 0.111. The molecule has 2 aromatic rings. The summed E-state index contributed by atoms with van der Waals surface area (Å²) in [7, 11) is 0. The van der Waals surface area contributed by atoms with Gasteiger partial charge in [-0.2, -0.15) is 0 Å². The highest BCUT2D eigenvalue weighted by Crippen LogP contribution is 2.13. The van der Waals surface area contributed by atoms with Crippen LogP contribution >= 0.6 is 0 Å². The van der Waals surface area contributed by atoms with Gasteiger partial charge in [-0.3, -0.25) is 19.7 Å². The Kier molecular flexibility index (Phi) is 6.41. The number of amides is 2. The molecule has 0 atom stereocenters. The zero-order valence-corrected chi connectivity index (χ0v) is 13.3. The number of benzene rings is 2. The molecule has 0 heterocycles. The molecule has 25 heavy (non-hydrogen) atoms. The molecule has 0 radical (unpaired) electrons. The summed E-state index contributed by atoms with van der Waals surface area (Å²) in [6, 6.07) is 15.3. The zero-order chi connectivity index (χ0) is 18.1. The molecule has 2 aromatic carbocycles. The normalized spacial score (nSPS) is 10.4. The van der Waals surface area contributed by atoms with E-state index in [0.29, 0.717) is 12.1 Å². The Morgan fingerprint density at radius 2 is 1.80 bits per heavy atom. The first-order valence-electron chi connectivity index (χ1n) is 7.55. The van der Waals surface area contributed by atoms with Crippen LogP contribution in [0.4, 0.5) is 5.69 Å². The summed E-state index contributed by atoms with van der Waals surface area (Å²) in [5.74, 6) is -0.762. The lowest BCUT2D eigenvalue weighted by atomic mass is 10.2. The van der Waals surface area contributed by atoms with Gasteiger partial charge in [0.2, 0.25) is 11.8 Å². The van der Waals surface area contributed by atoms with Gasteiger partial charge in [0, 0.05) is 24.8 Å². The van der Waals surface area contributed by atoms with Gasteiger partial charge in [0.05, 0.1) is 11.5 Å². The largest absolute Gasteiger partial charge is 0.350 e. The molecule has 0 aliphatic carbocycles. The summed E-state index contributed by atoms with van der Waals surface area (Å²) in [6.07, 6.45) is 2.67. The second-order valence-corrected chi connectivity index (χ2v) is 5.17. The van der Waals surface area contributed by atoms with Crippen molar-refractivity contribution < 1.29 is 14.5 Å². The predicted molar refractivity (Wildman–Crippen MR) is 93.4 cm³/mol. The maximum Gasteiger partial charge on any atom is 0.270 e. The Labute approximate surface area is 144 Å². The molecule has 0 fully saturated rings. The first-order chi connectivity index (χ1) is 12.0. The highest BCUT2D eigenvalue weighted by atomic mass is 16.6. The van der Waals surface area contributed by atoms with Crippen molar-refractivity contribution in [3.05, 3.63) is 81.9 Å². The maximum atomic E-state index is 11.7. The van der Waals surface area contributed by atoms with Crippen LogP contribution < -0.4 is 10.6 Å². The van der Waals surface area contributed by atoms with E-state index in [9.17, 15) is 19.7 Å². The summed E-state index contributed by atoms with van der Waals surface area (Å²) in [6.45, 7) is 0.240. The van der Waals surface area contributed by atoms with E-state index in [1.165, 1.54) is 30.4 Å². The van der Waals surface area contributed by atoms with Crippen LogP contribution in [0.3, 0.4) is 0 Å². The number of rotatable bonds is 7. The summed E-state index contributed by atoms with van der Waals surface area (Å²) >= 11 is 0. The number of non-ortho nitro benzene ring substituents is 1. The van der Waals surface area contributed by atoms with Crippen molar-refractivity contribution in [3.8, 4) is 0 Å². The molecule has 0 saturated carbocycles. The van der Waals surface area contributed by atoms with E-state index in [1.54, 1.807) is 6.07 Å². The fourth-order valence-corrected chi connectivity index (χ4v) is 2.00. The lowest BCUT2D eigenvalue weighted by Crippen LogP contribution is -2.35. The SMILES string of the molecule is O=C(/C=C/c1cccc([N+](=O)[O-])c1)NCC(=O)NCc1ccccc1. The van der Waals surface area contributed by atoms with Gasteiger partial charge in [0.1, 0.15) is 0 Å². The number of hydrogen-bond donors (Lipinski definition) is 2. The molecule has 128 valence electrons. The van der Waals surface area contributed by atoms with Crippen LogP contribution in [0.1, 0.15) is 11.1 Å². The smallest absolute Gasteiger partial charge is 0.270 e. The summed E-state index contributed by atoms with van der Waals surface area (Å²) < 4.78 is 0. The summed E-state index contributed by atoms with van der Waals surface area (Å²) in [5, 5.41) is 15.8. The van der Waals surface area contributed by atoms with Crippen LogP contribution in [0.15, 0.2) is 60.7 Å². The first-order valence-corrected chi connectivity index (χ1v) is 7.55. The van der Waals surface area contributed by atoms with Gasteiger partial charge in [0.15, 0.2) is 0 Å². The lowest BCUT2D eigenvalue weighted by molar-refractivity contribution is -0.384. The fourth-order valence-electron chi connectivity index (χ4n) is 2.00. The molecular formula is C18H17N3O4. The van der Waals surface area contributed by atoms with E-state index >= 15 is 0 Å². The van der Waals surface area contributed by atoms with Gasteiger partial charge in [-0.25, -0.2) is 0 Å². The number of carbonyl (C=O) groups excluding carboxylic acids is 2. The van der Waals surface area contributed by atoms with Crippen molar-refractivity contribution in [1.29, 1.82) is 0 Å². The van der Waals surface area contributed by atoms with E-state index in [1.807, 2.05) is 30.3 Å². The quantitative estimate of drug-likeness (QED) is 0.458. The second kappa shape index (κ2) is 8.97. The van der Waals surface area contributed by atoms with Crippen molar-refractivity contribution in [3.63, 3.8) is 0 Å². The Morgan fingerprint density at radius 1 is 1.04 bits per heavy atom. The molecule has 0 bridgehead atoms. The van der Waals surface area contributed by atoms with Crippen molar-refractivity contribution >= 4 is 23.6 Å². The third-order valence-electron chi connectivity index (χ3n) is 3.26. The average molecular weight is 339 g/mol. The standard InChI is InChI=1S/C18H17N3O4/c22-17(10-9-14-7-4-8-16(11-14)21(24)25)20-13-18(23)19-12-15-5-2-1-3-6-15/h1-11H,12-13H2,(H,19,23)(H,20,22)/b10-9+. The van der Waals surface area contributed by atoms with Gasteiger partial charge in [-0.15, -0.1) is 0 Å². The molecule has 0 aliphatic rings. The number of carbonyl (C=O) groups is 2. The predicted octanol–water partition coefficient (Wildman–Crippen LogP) is 2.04. The molecule has 0 spiro atoms. The highest BCUT2D eigenvalue weighted by Gasteiger charge is 2.05. The average Bonchev–Trinajstić information content (AvgIpc) is 2.64. The van der Waals surface area contributed by atoms with Crippen LogP contribution in [-0.2, 0) is 16.1 Å².